The Kier molecular flexibility index (Phi) is 4.30. The molecule has 0 saturated heterocycles. The van der Waals surface area contributed by atoms with Crippen LogP contribution in [0.2, 0.25) is 0 Å². The zero-order valence-corrected chi connectivity index (χ0v) is 14.6. The van der Waals surface area contributed by atoms with Crippen LogP contribution in [0.15, 0.2) is 58.5 Å². The third-order valence-electron chi connectivity index (χ3n) is 4.23. The molecule has 130 valence electrons. The Labute approximate surface area is 153 Å². The highest BCUT2D eigenvalue weighted by Crippen LogP contribution is 2.23. The lowest BCUT2D eigenvalue weighted by atomic mass is 10.1. The Morgan fingerprint density at radius 2 is 1.58 bits per heavy atom. The molecule has 2 amide bonds. The molecule has 26 heavy (non-hydrogen) atoms. The molecule has 2 aromatic carbocycles. The second-order valence-electron chi connectivity index (χ2n) is 5.90. The summed E-state index contributed by atoms with van der Waals surface area (Å²) in [6.45, 7) is 0.344. The van der Waals surface area contributed by atoms with E-state index < -0.39 is 0 Å². The topological polar surface area (TPSA) is 83.1 Å². The van der Waals surface area contributed by atoms with E-state index in [1.807, 2.05) is 6.07 Å². The molecule has 0 unspecified atom stereocenters. The van der Waals surface area contributed by atoms with Crippen LogP contribution >= 0.6 is 11.8 Å². The van der Waals surface area contributed by atoms with Gasteiger partial charge in [-0.05, 0) is 30.7 Å². The first-order valence-electron chi connectivity index (χ1n) is 8.22. The average Bonchev–Trinajstić information content (AvgIpc) is 2.90. The molecule has 0 saturated carbocycles. The summed E-state index contributed by atoms with van der Waals surface area (Å²) in [5, 5.41) is 1.10. The van der Waals surface area contributed by atoms with Gasteiger partial charge in [0.25, 0.3) is 17.4 Å². The number of H-pyrrole nitrogens is 1. The molecule has 1 aliphatic rings. The molecular weight excluding hydrogens is 350 g/mol. The van der Waals surface area contributed by atoms with Crippen LogP contribution in [0.1, 0.15) is 27.1 Å². The lowest BCUT2D eigenvalue weighted by Gasteiger charge is -2.13. The number of hydrogen-bond donors (Lipinski definition) is 1. The number of fused-ring (bicyclic) bond motifs is 2. The fraction of sp³-hybridized carbons (Fsp3) is 0.158. The first-order chi connectivity index (χ1) is 12.6. The zero-order valence-electron chi connectivity index (χ0n) is 13.8. The van der Waals surface area contributed by atoms with Gasteiger partial charge in [0.05, 0.1) is 22.0 Å². The molecule has 0 atom stereocenters. The predicted octanol–water partition coefficient (Wildman–Crippen LogP) is 2.70. The maximum atomic E-state index is 12.3. The van der Waals surface area contributed by atoms with Crippen LogP contribution in [0, 0.1) is 0 Å². The molecule has 1 aromatic heterocycles. The van der Waals surface area contributed by atoms with Gasteiger partial charge in [-0.15, -0.1) is 0 Å². The van der Waals surface area contributed by atoms with Gasteiger partial charge in [0.2, 0.25) is 0 Å². The number of amides is 2. The minimum Gasteiger partial charge on any atom is -0.301 e. The van der Waals surface area contributed by atoms with Gasteiger partial charge in [0.15, 0.2) is 5.16 Å². The molecule has 0 aliphatic carbocycles. The number of hydrogen-bond acceptors (Lipinski definition) is 5. The first-order valence-corrected chi connectivity index (χ1v) is 9.21. The van der Waals surface area contributed by atoms with Crippen molar-refractivity contribution in [3.63, 3.8) is 0 Å². The van der Waals surface area contributed by atoms with E-state index in [4.69, 9.17) is 0 Å². The van der Waals surface area contributed by atoms with Gasteiger partial charge in [-0.25, -0.2) is 4.98 Å². The van der Waals surface area contributed by atoms with Crippen LogP contribution in [0.3, 0.4) is 0 Å². The van der Waals surface area contributed by atoms with Crippen molar-refractivity contribution >= 4 is 34.5 Å². The van der Waals surface area contributed by atoms with E-state index in [1.54, 1.807) is 42.5 Å². The van der Waals surface area contributed by atoms with Crippen LogP contribution in [0.5, 0.6) is 0 Å². The first kappa shape index (κ1) is 16.5. The Balaban J connectivity index is 1.39. The molecule has 7 heteroatoms. The molecule has 4 rings (SSSR count). The number of aromatic nitrogens is 2. The number of nitrogens with one attached hydrogen (secondary N) is 1. The summed E-state index contributed by atoms with van der Waals surface area (Å²) in [6.07, 6.45) is 0.618. The summed E-state index contributed by atoms with van der Waals surface area (Å²) in [4.78, 5) is 45.1. The van der Waals surface area contributed by atoms with E-state index in [0.29, 0.717) is 45.9 Å². The van der Waals surface area contributed by atoms with Gasteiger partial charge in [-0.1, -0.05) is 36.0 Å². The van der Waals surface area contributed by atoms with Crippen LogP contribution in [0.4, 0.5) is 0 Å². The van der Waals surface area contributed by atoms with Gasteiger partial charge < -0.3 is 4.98 Å². The molecule has 0 bridgehead atoms. The van der Waals surface area contributed by atoms with Gasteiger partial charge in [0.1, 0.15) is 0 Å². The molecule has 1 N–H and O–H groups in total. The number of carbonyl (C=O) groups excluding carboxylic acids is 2. The molecule has 0 spiro atoms. The highest BCUT2D eigenvalue weighted by Gasteiger charge is 2.34. The predicted molar refractivity (Wildman–Crippen MR) is 99.5 cm³/mol. The minimum absolute atomic E-state index is 0.168. The van der Waals surface area contributed by atoms with Gasteiger partial charge >= 0.3 is 0 Å². The average molecular weight is 365 g/mol. The van der Waals surface area contributed by atoms with Crippen molar-refractivity contribution in [1.29, 1.82) is 0 Å². The summed E-state index contributed by atoms with van der Waals surface area (Å²) in [7, 11) is 0. The van der Waals surface area contributed by atoms with Crippen molar-refractivity contribution < 1.29 is 9.59 Å². The van der Waals surface area contributed by atoms with E-state index >= 15 is 0 Å². The molecule has 0 radical (unpaired) electrons. The monoisotopic (exact) mass is 365 g/mol. The summed E-state index contributed by atoms with van der Waals surface area (Å²) in [6, 6.07) is 14.0. The second-order valence-corrected chi connectivity index (χ2v) is 6.98. The van der Waals surface area contributed by atoms with Crippen molar-refractivity contribution in [1.82, 2.24) is 14.9 Å². The van der Waals surface area contributed by atoms with Crippen LogP contribution < -0.4 is 5.56 Å². The number of rotatable bonds is 5. The molecule has 3 aromatic rings. The van der Waals surface area contributed by atoms with Crippen molar-refractivity contribution in [3.05, 3.63) is 70.0 Å². The number of nitrogens with zero attached hydrogens (tertiary/aromatic N) is 2. The molecule has 2 heterocycles. The van der Waals surface area contributed by atoms with E-state index in [-0.39, 0.29) is 17.4 Å². The maximum Gasteiger partial charge on any atom is 0.261 e. The van der Waals surface area contributed by atoms with E-state index in [1.165, 1.54) is 16.7 Å². The highest BCUT2D eigenvalue weighted by atomic mass is 32.2. The van der Waals surface area contributed by atoms with E-state index in [2.05, 4.69) is 9.97 Å². The zero-order chi connectivity index (χ0) is 18.1. The smallest absolute Gasteiger partial charge is 0.261 e. The van der Waals surface area contributed by atoms with Gasteiger partial charge in [0, 0.05) is 12.3 Å². The fourth-order valence-electron chi connectivity index (χ4n) is 2.97. The standard InChI is InChI=1S/C19H15N3O3S/c23-16-14-8-3-4-9-15(14)20-19(21-16)26-11-5-10-22-17(24)12-6-1-2-7-13(12)18(22)25/h1-4,6-9H,5,10-11H2,(H,20,21,23). The Morgan fingerprint density at radius 3 is 2.31 bits per heavy atom. The minimum atomic E-state index is -0.243. The van der Waals surface area contributed by atoms with Crippen LogP contribution in [0.25, 0.3) is 10.9 Å². The molecule has 0 fully saturated rings. The van der Waals surface area contributed by atoms with Gasteiger partial charge in [-0.2, -0.15) is 0 Å². The number of benzene rings is 2. The van der Waals surface area contributed by atoms with Crippen molar-refractivity contribution in [3.8, 4) is 0 Å². The number of thioether (sulfide) groups is 1. The van der Waals surface area contributed by atoms with Crippen molar-refractivity contribution in [2.45, 2.75) is 11.6 Å². The van der Waals surface area contributed by atoms with Crippen LogP contribution in [-0.4, -0.2) is 39.0 Å². The summed E-state index contributed by atoms with van der Waals surface area (Å²) in [5.74, 6) is 0.148. The molecular formula is C19H15N3O3S. The molecule has 1 aliphatic heterocycles. The molecule has 6 nitrogen and oxygen atoms in total. The van der Waals surface area contributed by atoms with Crippen molar-refractivity contribution in [2.24, 2.45) is 0 Å². The third-order valence-corrected chi connectivity index (χ3v) is 5.19. The second kappa shape index (κ2) is 6.76. The number of aromatic amines is 1. The summed E-state index contributed by atoms with van der Waals surface area (Å²) < 4.78 is 0. The number of carbonyl (C=O) groups is 2. The normalized spacial score (nSPS) is 13.5. The lowest BCUT2D eigenvalue weighted by Crippen LogP contribution is -2.31. The highest BCUT2D eigenvalue weighted by molar-refractivity contribution is 7.99. The number of para-hydroxylation sites is 1. The Morgan fingerprint density at radius 1 is 0.923 bits per heavy atom. The quantitative estimate of drug-likeness (QED) is 0.325. The van der Waals surface area contributed by atoms with E-state index in [0.717, 1.165) is 0 Å². The lowest BCUT2D eigenvalue weighted by molar-refractivity contribution is 0.0655. The third kappa shape index (κ3) is 2.90. The maximum absolute atomic E-state index is 12.3. The van der Waals surface area contributed by atoms with Gasteiger partial charge in [-0.3, -0.25) is 19.3 Å². The summed E-state index contributed by atoms with van der Waals surface area (Å²) in [5.41, 5.74) is 1.41. The van der Waals surface area contributed by atoms with Crippen LogP contribution in [-0.2, 0) is 0 Å². The Bertz CT molecular complexity index is 1040. The Hall–Kier alpha value is -2.93. The number of imide groups is 1. The van der Waals surface area contributed by atoms with E-state index in [9.17, 15) is 14.4 Å². The largest absolute Gasteiger partial charge is 0.301 e. The SMILES string of the molecule is O=C1c2ccccc2C(=O)N1CCCSc1nc2ccccc2c(=O)[nH]1. The van der Waals surface area contributed by atoms with Crippen molar-refractivity contribution in [2.75, 3.05) is 12.3 Å². The summed E-state index contributed by atoms with van der Waals surface area (Å²) >= 11 is 1.40. The fourth-order valence-corrected chi connectivity index (χ4v) is 3.76.